The molecule has 0 spiro atoms. The molecule has 3 heteroatoms. The first-order chi connectivity index (χ1) is 9.65. The molecule has 1 aromatic carbocycles. The average molecular weight is 273 g/mol. The minimum absolute atomic E-state index is 0.172. The molecule has 0 aliphatic rings. The molecule has 20 heavy (non-hydrogen) atoms. The molecule has 1 atom stereocenters. The van der Waals surface area contributed by atoms with Crippen LogP contribution in [0.2, 0.25) is 0 Å². The molecule has 1 N–H and O–H groups in total. The van der Waals surface area contributed by atoms with Gasteiger partial charge in [0.1, 0.15) is 11.5 Å². The lowest BCUT2D eigenvalue weighted by atomic mass is 9.99. The van der Waals surface area contributed by atoms with Crippen LogP contribution in [0.4, 0.5) is 0 Å². The number of hydrogen-bond donors (Lipinski definition) is 1. The molecule has 0 radical (unpaired) electrons. The first-order valence-corrected chi connectivity index (χ1v) is 7.06. The lowest BCUT2D eigenvalue weighted by Crippen LogP contribution is -2.23. The summed E-state index contributed by atoms with van der Waals surface area (Å²) in [6.45, 7) is 7.19. The number of rotatable bonds is 6. The summed E-state index contributed by atoms with van der Waals surface area (Å²) in [6, 6.07) is 8.46. The molecule has 2 aromatic rings. The summed E-state index contributed by atoms with van der Waals surface area (Å²) in [5.74, 6) is 1.94. The zero-order valence-electron chi connectivity index (χ0n) is 12.7. The molecule has 0 aliphatic carbocycles. The third kappa shape index (κ3) is 3.23. The topological polar surface area (TPSA) is 34.4 Å². The highest BCUT2D eigenvalue weighted by atomic mass is 16.5. The van der Waals surface area contributed by atoms with Crippen LogP contribution in [0.3, 0.4) is 0 Å². The highest BCUT2D eigenvalue weighted by molar-refractivity contribution is 5.38. The number of benzene rings is 1. The van der Waals surface area contributed by atoms with E-state index in [1.54, 1.807) is 13.4 Å². The van der Waals surface area contributed by atoms with E-state index >= 15 is 0 Å². The van der Waals surface area contributed by atoms with Gasteiger partial charge >= 0.3 is 0 Å². The van der Waals surface area contributed by atoms with Gasteiger partial charge < -0.3 is 14.5 Å². The first-order valence-electron chi connectivity index (χ1n) is 7.06. The Morgan fingerprint density at radius 3 is 2.65 bits per heavy atom. The number of aryl methyl sites for hydroxylation is 2. The zero-order chi connectivity index (χ0) is 14.5. The molecule has 3 nitrogen and oxygen atoms in total. The van der Waals surface area contributed by atoms with Crippen LogP contribution in [0, 0.1) is 13.8 Å². The van der Waals surface area contributed by atoms with Gasteiger partial charge in [-0.3, -0.25) is 0 Å². The summed E-state index contributed by atoms with van der Waals surface area (Å²) in [6.07, 6.45) is 2.61. The maximum Gasteiger partial charge on any atom is 0.123 e. The number of hydrogen-bond acceptors (Lipinski definition) is 3. The Kier molecular flexibility index (Phi) is 4.85. The van der Waals surface area contributed by atoms with Gasteiger partial charge in [0.05, 0.1) is 19.4 Å². The summed E-state index contributed by atoms with van der Waals surface area (Å²) in [4.78, 5) is 0. The van der Waals surface area contributed by atoms with Crippen LogP contribution < -0.4 is 10.1 Å². The van der Waals surface area contributed by atoms with Crippen LogP contribution in [0.15, 0.2) is 34.9 Å². The van der Waals surface area contributed by atoms with E-state index in [0.29, 0.717) is 0 Å². The van der Waals surface area contributed by atoms with Gasteiger partial charge in [0.2, 0.25) is 0 Å². The summed E-state index contributed by atoms with van der Waals surface area (Å²) >= 11 is 0. The zero-order valence-corrected chi connectivity index (χ0v) is 12.7. The van der Waals surface area contributed by atoms with E-state index in [9.17, 15) is 0 Å². The molecule has 0 amide bonds. The van der Waals surface area contributed by atoms with Gasteiger partial charge in [-0.15, -0.1) is 0 Å². The van der Waals surface area contributed by atoms with Crippen molar-refractivity contribution in [1.82, 2.24) is 5.32 Å². The summed E-state index contributed by atoms with van der Waals surface area (Å²) in [5.41, 5.74) is 3.63. The molecule has 0 aliphatic heterocycles. The van der Waals surface area contributed by atoms with Crippen molar-refractivity contribution in [1.29, 1.82) is 0 Å². The molecule has 0 saturated heterocycles. The third-order valence-corrected chi connectivity index (χ3v) is 3.53. The molecule has 0 fully saturated rings. The quantitative estimate of drug-likeness (QED) is 0.869. The number of likely N-dealkylation sites (N-methyl/N-ethyl adjacent to an activating group) is 1. The van der Waals surface area contributed by atoms with E-state index in [-0.39, 0.29) is 6.04 Å². The first kappa shape index (κ1) is 14.7. The van der Waals surface area contributed by atoms with Gasteiger partial charge in [-0.1, -0.05) is 24.6 Å². The van der Waals surface area contributed by atoms with Crippen molar-refractivity contribution in [2.24, 2.45) is 0 Å². The van der Waals surface area contributed by atoms with E-state index < -0.39 is 0 Å². The van der Waals surface area contributed by atoms with Crippen molar-refractivity contribution in [3.05, 3.63) is 53.0 Å². The molecule has 1 heterocycles. The molecule has 0 saturated carbocycles. The smallest absolute Gasteiger partial charge is 0.123 e. The van der Waals surface area contributed by atoms with E-state index in [0.717, 1.165) is 24.5 Å². The maximum absolute atomic E-state index is 5.65. The van der Waals surface area contributed by atoms with Gasteiger partial charge in [0.25, 0.3) is 0 Å². The Balaban J connectivity index is 2.29. The van der Waals surface area contributed by atoms with Crippen molar-refractivity contribution in [3.8, 4) is 5.75 Å². The fourth-order valence-corrected chi connectivity index (χ4v) is 2.53. The SMILES string of the molecule is CCNC(Cc1cc(C)ccc1OC)c1occc1C. The summed E-state index contributed by atoms with van der Waals surface area (Å²) < 4.78 is 11.1. The van der Waals surface area contributed by atoms with Crippen molar-refractivity contribution in [2.75, 3.05) is 13.7 Å². The Hall–Kier alpha value is -1.74. The second-order valence-electron chi connectivity index (χ2n) is 5.10. The Bertz CT molecular complexity index is 560. The highest BCUT2D eigenvalue weighted by Gasteiger charge is 2.18. The predicted molar refractivity (Wildman–Crippen MR) is 81.3 cm³/mol. The minimum atomic E-state index is 0.172. The molecule has 1 aromatic heterocycles. The normalized spacial score (nSPS) is 12.4. The Morgan fingerprint density at radius 1 is 1.25 bits per heavy atom. The standard InChI is InChI=1S/C17H23NO2/c1-5-18-15(17-13(3)8-9-20-17)11-14-10-12(2)6-7-16(14)19-4/h6-10,15,18H,5,11H2,1-4H3. The molecule has 1 unspecified atom stereocenters. The number of methoxy groups -OCH3 is 1. The summed E-state index contributed by atoms with van der Waals surface area (Å²) in [7, 11) is 1.72. The number of furan rings is 1. The van der Waals surface area contributed by atoms with E-state index in [1.165, 1.54) is 16.7 Å². The highest BCUT2D eigenvalue weighted by Crippen LogP contribution is 2.28. The van der Waals surface area contributed by atoms with E-state index in [4.69, 9.17) is 9.15 Å². The second-order valence-corrected chi connectivity index (χ2v) is 5.10. The molecular weight excluding hydrogens is 250 g/mol. The van der Waals surface area contributed by atoms with E-state index in [1.807, 2.05) is 12.1 Å². The number of ether oxygens (including phenoxy) is 1. The summed E-state index contributed by atoms with van der Waals surface area (Å²) in [5, 5.41) is 3.50. The Labute approximate surface area is 121 Å². The number of nitrogens with one attached hydrogen (secondary N) is 1. The third-order valence-electron chi connectivity index (χ3n) is 3.53. The monoisotopic (exact) mass is 273 g/mol. The van der Waals surface area contributed by atoms with Crippen LogP contribution in [-0.2, 0) is 6.42 Å². The van der Waals surface area contributed by atoms with Crippen LogP contribution in [0.25, 0.3) is 0 Å². The maximum atomic E-state index is 5.65. The minimum Gasteiger partial charge on any atom is -0.496 e. The second kappa shape index (κ2) is 6.62. The largest absolute Gasteiger partial charge is 0.496 e. The van der Waals surface area contributed by atoms with Crippen LogP contribution in [0.5, 0.6) is 5.75 Å². The van der Waals surface area contributed by atoms with Crippen LogP contribution >= 0.6 is 0 Å². The Morgan fingerprint density at radius 2 is 2.05 bits per heavy atom. The van der Waals surface area contributed by atoms with Gasteiger partial charge in [-0.05, 0) is 50.1 Å². The fraction of sp³-hybridized carbons (Fsp3) is 0.412. The van der Waals surface area contributed by atoms with Crippen molar-refractivity contribution >= 4 is 0 Å². The van der Waals surface area contributed by atoms with Gasteiger partial charge in [-0.2, -0.15) is 0 Å². The molecular formula is C17H23NO2. The lowest BCUT2D eigenvalue weighted by molar-refractivity contribution is 0.391. The van der Waals surface area contributed by atoms with Gasteiger partial charge in [0.15, 0.2) is 0 Å². The average Bonchev–Trinajstić information content (AvgIpc) is 2.85. The van der Waals surface area contributed by atoms with Crippen molar-refractivity contribution in [3.63, 3.8) is 0 Å². The molecule has 108 valence electrons. The van der Waals surface area contributed by atoms with Gasteiger partial charge in [-0.25, -0.2) is 0 Å². The van der Waals surface area contributed by atoms with E-state index in [2.05, 4.69) is 38.2 Å². The van der Waals surface area contributed by atoms with Gasteiger partial charge in [0, 0.05) is 0 Å². The molecule has 0 bridgehead atoms. The predicted octanol–water partition coefficient (Wildman–Crippen LogP) is 3.80. The lowest BCUT2D eigenvalue weighted by Gasteiger charge is -2.18. The van der Waals surface area contributed by atoms with Crippen molar-refractivity contribution < 1.29 is 9.15 Å². The van der Waals surface area contributed by atoms with Crippen molar-refractivity contribution in [2.45, 2.75) is 33.2 Å². The van der Waals surface area contributed by atoms with Crippen LogP contribution in [-0.4, -0.2) is 13.7 Å². The molecule has 2 rings (SSSR count). The van der Waals surface area contributed by atoms with Crippen LogP contribution in [0.1, 0.15) is 35.4 Å². The fourth-order valence-electron chi connectivity index (χ4n) is 2.53.